The Kier molecular flexibility index (Phi) is 6.38. The molecule has 31 heavy (non-hydrogen) atoms. The van der Waals surface area contributed by atoms with Crippen molar-refractivity contribution in [3.05, 3.63) is 63.7 Å². The Morgan fingerprint density at radius 3 is 2.65 bits per heavy atom. The van der Waals surface area contributed by atoms with Gasteiger partial charge in [0.05, 0.1) is 10.7 Å². The third-order valence-electron chi connectivity index (χ3n) is 4.85. The van der Waals surface area contributed by atoms with Crippen molar-refractivity contribution in [1.82, 2.24) is 15.1 Å². The molecule has 0 aliphatic carbocycles. The average molecular weight is 460 g/mol. The van der Waals surface area contributed by atoms with Gasteiger partial charge in [0.2, 0.25) is 11.8 Å². The molecule has 11 heteroatoms. The van der Waals surface area contributed by atoms with E-state index in [9.17, 15) is 14.9 Å². The molecule has 4 rings (SSSR count). The zero-order valence-corrected chi connectivity index (χ0v) is 17.9. The molecule has 2 aromatic carbocycles. The lowest BCUT2D eigenvalue weighted by atomic mass is 10.2. The largest absolute Gasteiger partial charge is 0.411 e. The molecule has 1 aliphatic rings. The number of para-hydroxylation sites is 2. The van der Waals surface area contributed by atoms with Crippen molar-refractivity contribution >= 4 is 40.6 Å². The predicted molar refractivity (Wildman–Crippen MR) is 117 cm³/mol. The van der Waals surface area contributed by atoms with Crippen molar-refractivity contribution in [2.24, 2.45) is 0 Å². The number of nitro groups is 1. The van der Waals surface area contributed by atoms with Crippen molar-refractivity contribution in [3.63, 3.8) is 0 Å². The molecule has 2 heterocycles. The lowest BCUT2D eigenvalue weighted by molar-refractivity contribution is -0.384. The fourth-order valence-corrected chi connectivity index (χ4v) is 4.16. The van der Waals surface area contributed by atoms with Crippen molar-refractivity contribution in [2.75, 3.05) is 36.8 Å². The molecule has 0 atom stereocenters. The number of benzene rings is 2. The Balaban J connectivity index is 1.31. The van der Waals surface area contributed by atoms with Gasteiger partial charge in [-0.2, -0.15) is 0 Å². The molecule has 0 radical (unpaired) electrons. The molecular formula is C20H18ClN5O4S. The Morgan fingerprint density at radius 2 is 1.90 bits per heavy atom. The summed E-state index contributed by atoms with van der Waals surface area (Å²) in [4.78, 5) is 27.1. The van der Waals surface area contributed by atoms with Crippen LogP contribution < -0.4 is 4.90 Å². The van der Waals surface area contributed by atoms with E-state index in [4.69, 9.17) is 16.0 Å². The summed E-state index contributed by atoms with van der Waals surface area (Å²) in [6.07, 6.45) is 0. The summed E-state index contributed by atoms with van der Waals surface area (Å²) < 4.78 is 5.61. The van der Waals surface area contributed by atoms with Gasteiger partial charge in [0, 0.05) is 42.8 Å². The number of nitrogens with zero attached hydrogens (tertiary/aromatic N) is 5. The van der Waals surface area contributed by atoms with Crippen LogP contribution in [0.3, 0.4) is 0 Å². The molecule has 160 valence electrons. The standard InChI is InChI=1S/C20H18ClN5O4S/c21-15-5-3-4-14(12-15)19-22-23-20(30-19)31-13-18(27)25-10-8-24(9-11-25)16-6-1-2-7-17(16)26(28)29/h1-7,12H,8-11,13H2. The van der Waals surface area contributed by atoms with E-state index in [1.165, 1.54) is 17.8 Å². The molecule has 0 unspecified atom stereocenters. The number of amides is 1. The number of carbonyl (C=O) groups is 1. The molecule has 1 aliphatic heterocycles. The van der Waals surface area contributed by atoms with E-state index in [2.05, 4.69) is 10.2 Å². The second kappa shape index (κ2) is 9.36. The SMILES string of the molecule is O=C(CSc1nnc(-c2cccc(Cl)c2)o1)N1CCN(c2ccccc2[N+](=O)[O-])CC1. The van der Waals surface area contributed by atoms with Gasteiger partial charge >= 0.3 is 0 Å². The maximum atomic E-state index is 12.6. The van der Waals surface area contributed by atoms with Gasteiger partial charge in [0.25, 0.3) is 10.9 Å². The second-order valence-corrected chi connectivity index (χ2v) is 8.15. The van der Waals surface area contributed by atoms with E-state index in [0.717, 1.165) is 0 Å². The van der Waals surface area contributed by atoms with Gasteiger partial charge in [-0.25, -0.2) is 0 Å². The minimum atomic E-state index is -0.383. The van der Waals surface area contributed by atoms with Gasteiger partial charge in [-0.3, -0.25) is 14.9 Å². The predicted octanol–water partition coefficient (Wildman–Crippen LogP) is 3.74. The summed E-state index contributed by atoms with van der Waals surface area (Å²) >= 11 is 7.16. The van der Waals surface area contributed by atoms with Gasteiger partial charge in [-0.05, 0) is 24.3 Å². The van der Waals surface area contributed by atoms with Crippen LogP contribution in [0, 0.1) is 10.1 Å². The summed E-state index contributed by atoms with van der Waals surface area (Å²) in [6, 6.07) is 13.7. The van der Waals surface area contributed by atoms with Crippen LogP contribution >= 0.6 is 23.4 Å². The lowest BCUT2D eigenvalue weighted by Gasteiger charge is -2.35. The van der Waals surface area contributed by atoms with Crippen molar-refractivity contribution < 1.29 is 14.1 Å². The first kappa shape index (κ1) is 21.1. The molecule has 0 spiro atoms. The van der Waals surface area contributed by atoms with E-state index in [1.54, 1.807) is 41.3 Å². The molecule has 0 N–H and O–H groups in total. The van der Waals surface area contributed by atoms with Crippen molar-refractivity contribution in [3.8, 4) is 11.5 Å². The Bertz CT molecular complexity index is 1100. The number of aromatic nitrogens is 2. The second-order valence-electron chi connectivity index (χ2n) is 6.79. The van der Waals surface area contributed by atoms with Crippen LogP contribution in [0.5, 0.6) is 0 Å². The van der Waals surface area contributed by atoms with E-state index >= 15 is 0 Å². The van der Waals surface area contributed by atoms with E-state index in [1.807, 2.05) is 11.0 Å². The first-order chi connectivity index (χ1) is 15.0. The van der Waals surface area contributed by atoms with Crippen LogP contribution in [-0.2, 0) is 4.79 Å². The quantitative estimate of drug-likeness (QED) is 0.312. The molecule has 3 aromatic rings. The highest BCUT2D eigenvalue weighted by atomic mass is 35.5. The number of piperazine rings is 1. The smallest absolute Gasteiger partial charge is 0.292 e. The number of carbonyl (C=O) groups excluding carboxylic acids is 1. The maximum Gasteiger partial charge on any atom is 0.292 e. The number of thioether (sulfide) groups is 1. The minimum Gasteiger partial charge on any atom is -0.411 e. The van der Waals surface area contributed by atoms with Crippen LogP contribution in [-0.4, -0.2) is 57.9 Å². The van der Waals surface area contributed by atoms with Crippen LogP contribution in [0.2, 0.25) is 5.02 Å². The topological polar surface area (TPSA) is 106 Å². The summed E-state index contributed by atoms with van der Waals surface area (Å²) in [7, 11) is 0. The maximum absolute atomic E-state index is 12.6. The number of hydrogen-bond donors (Lipinski definition) is 0. The Morgan fingerprint density at radius 1 is 1.13 bits per heavy atom. The highest BCUT2D eigenvalue weighted by molar-refractivity contribution is 7.99. The molecule has 0 saturated carbocycles. The summed E-state index contributed by atoms with van der Waals surface area (Å²) in [5.41, 5.74) is 1.36. The van der Waals surface area contributed by atoms with Gasteiger partial charge in [0.1, 0.15) is 5.69 Å². The first-order valence-corrected chi connectivity index (χ1v) is 10.9. The fraction of sp³-hybridized carbons (Fsp3) is 0.250. The van der Waals surface area contributed by atoms with Crippen LogP contribution in [0.25, 0.3) is 11.5 Å². The monoisotopic (exact) mass is 459 g/mol. The molecule has 9 nitrogen and oxygen atoms in total. The van der Waals surface area contributed by atoms with Gasteiger partial charge in [-0.15, -0.1) is 10.2 Å². The zero-order chi connectivity index (χ0) is 21.8. The van der Waals surface area contributed by atoms with Crippen LogP contribution in [0.4, 0.5) is 11.4 Å². The molecule has 1 saturated heterocycles. The normalized spacial score (nSPS) is 14.0. The Labute approximate surface area is 187 Å². The summed E-state index contributed by atoms with van der Waals surface area (Å²) in [5, 5.41) is 20.1. The third-order valence-corrected chi connectivity index (χ3v) is 5.89. The molecule has 1 fully saturated rings. The molecule has 1 amide bonds. The number of rotatable bonds is 6. The molecule has 0 bridgehead atoms. The summed E-state index contributed by atoms with van der Waals surface area (Å²) in [5.74, 6) is 0.466. The summed E-state index contributed by atoms with van der Waals surface area (Å²) in [6.45, 7) is 2.04. The number of hydrogen-bond acceptors (Lipinski definition) is 8. The van der Waals surface area contributed by atoms with E-state index in [0.29, 0.717) is 53.6 Å². The molecule has 1 aromatic heterocycles. The van der Waals surface area contributed by atoms with Gasteiger partial charge in [-0.1, -0.05) is 41.6 Å². The highest BCUT2D eigenvalue weighted by Gasteiger charge is 2.25. The average Bonchev–Trinajstić information content (AvgIpc) is 3.27. The van der Waals surface area contributed by atoms with Gasteiger partial charge < -0.3 is 14.2 Å². The van der Waals surface area contributed by atoms with Gasteiger partial charge in [0.15, 0.2) is 0 Å². The third kappa shape index (κ3) is 4.97. The number of anilines is 1. The van der Waals surface area contributed by atoms with E-state index in [-0.39, 0.29) is 22.3 Å². The fourth-order valence-electron chi connectivity index (χ4n) is 3.30. The van der Waals surface area contributed by atoms with Crippen molar-refractivity contribution in [1.29, 1.82) is 0 Å². The first-order valence-electron chi connectivity index (χ1n) is 9.49. The Hall–Kier alpha value is -3.11. The lowest BCUT2D eigenvalue weighted by Crippen LogP contribution is -2.49. The van der Waals surface area contributed by atoms with Crippen LogP contribution in [0.1, 0.15) is 0 Å². The number of halogens is 1. The zero-order valence-electron chi connectivity index (χ0n) is 16.3. The van der Waals surface area contributed by atoms with E-state index < -0.39 is 0 Å². The minimum absolute atomic E-state index is 0.0466. The highest BCUT2D eigenvalue weighted by Crippen LogP contribution is 2.29. The molecular weight excluding hydrogens is 442 g/mol. The van der Waals surface area contributed by atoms with Crippen molar-refractivity contribution in [2.45, 2.75) is 5.22 Å². The number of nitro benzene ring substituents is 1. The van der Waals surface area contributed by atoms with Crippen LogP contribution in [0.15, 0.2) is 58.2 Å².